The SMILES string of the molecule is CCCN1CCC(NC(=NCC2CCCOC2c2ccc(C)cc2)NCC)CC1.I. The fraction of sp³-hybridized carbons (Fsp3) is 0.708. The maximum absolute atomic E-state index is 6.18. The highest BCUT2D eigenvalue weighted by Gasteiger charge is 2.27. The molecular formula is C24H41IN4O. The maximum Gasteiger partial charge on any atom is 0.191 e. The third kappa shape index (κ3) is 7.68. The lowest BCUT2D eigenvalue weighted by Gasteiger charge is -2.33. The van der Waals surface area contributed by atoms with Crippen LogP contribution in [0.4, 0.5) is 0 Å². The normalized spacial score (nSPS) is 23.6. The second kappa shape index (κ2) is 13.5. The molecular weight excluding hydrogens is 487 g/mol. The number of hydrogen-bond acceptors (Lipinski definition) is 3. The van der Waals surface area contributed by atoms with Crippen molar-refractivity contribution < 1.29 is 4.74 Å². The Kier molecular flexibility index (Phi) is 11.5. The van der Waals surface area contributed by atoms with Gasteiger partial charge in [-0.15, -0.1) is 24.0 Å². The molecule has 2 atom stereocenters. The highest BCUT2D eigenvalue weighted by atomic mass is 127. The van der Waals surface area contributed by atoms with Gasteiger partial charge >= 0.3 is 0 Å². The van der Waals surface area contributed by atoms with Gasteiger partial charge in [0.05, 0.1) is 6.10 Å². The molecule has 170 valence electrons. The number of aliphatic imine (C=N–C) groups is 1. The Morgan fingerprint density at radius 3 is 2.53 bits per heavy atom. The molecule has 1 aromatic carbocycles. The summed E-state index contributed by atoms with van der Waals surface area (Å²) in [4.78, 5) is 7.56. The van der Waals surface area contributed by atoms with Crippen molar-refractivity contribution >= 4 is 29.9 Å². The zero-order chi connectivity index (χ0) is 20.5. The summed E-state index contributed by atoms with van der Waals surface area (Å²) in [6.07, 6.45) is 6.10. The number of rotatable bonds is 7. The van der Waals surface area contributed by atoms with Crippen LogP contribution >= 0.6 is 24.0 Å². The summed E-state index contributed by atoms with van der Waals surface area (Å²) in [6.45, 7) is 12.7. The predicted octanol–water partition coefficient (Wildman–Crippen LogP) is 4.51. The molecule has 2 fully saturated rings. The Labute approximate surface area is 200 Å². The molecule has 6 heteroatoms. The summed E-state index contributed by atoms with van der Waals surface area (Å²) < 4.78 is 6.18. The Morgan fingerprint density at radius 2 is 1.87 bits per heavy atom. The molecule has 2 heterocycles. The van der Waals surface area contributed by atoms with E-state index >= 15 is 0 Å². The highest BCUT2D eigenvalue weighted by Crippen LogP contribution is 2.34. The summed E-state index contributed by atoms with van der Waals surface area (Å²) in [7, 11) is 0. The van der Waals surface area contributed by atoms with E-state index in [0.29, 0.717) is 12.0 Å². The zero-order valence-corrected chi connectivity index (χ0v) is 21.4. The number of nitrogens with zero attached hydrogens (tertiary/aromatic N) is 2. The smallest absolute Gasteiger partial charge is 0.191 e. The van der Waals surface area contributed by atoms with Gasteiger partial charge in [0.25, 0.3) is 0 Å². The van der Waals surface area contributed by atoms with Crippen LogP contribution in [0.2, 0.25) is 0 Å². The molecule has 30 heavy (non-hydrogen) atoms. The minimum absolute atomic E-state index is 0. The Morgan fingerprint density at radius 1 is 1.13 bits per heavy atom. The molecule has 2 aliphatic heterocycles. The van der Waals surface area contributed by atoms with Crippen LogP contribution in [0.25, 0.3) is 0 Å². The molecule has 2 unspecified atom stereocenters. The first-order chi connectivity index (χ1) is 14.2. The highest BCUT2D eigenvalue weighted by molar-refractivity contribution is 14.0. The van der Waals surface area contributed by atoms with Crippen LogP contribution in [0.15, 0.2) is 29.3 Å². The average Bonchev–Trinajstić information content (AvgIpc) is 2.75. The monoisotopic (exact) mass is 528 g/mol. The van der Waals surface area contributed by atoms with E-state index in [1.165, 1.54) is 56.4 Å². The first-order valence-corrected chi connectivity index (χ1v) is 11.6. The molecule has 0 aliphatic carbocycles. The third-order valence-electron chi connectivity index (χ3n) is 6.15. The lowest BCUT2D eigenvalue weighted by molar-refractivity contribution is -0.0250. The number of aryl methyl sites for hydroxylation is 1. The quantitative estimate of drug-likeness (QED) is 0.311. The molecule has 2 N–H and O–H groups in total. The number of benzene rings is 1. The number of guanidine groups is 1. The summed E-state index contributed by atoms with van der Waals surface area (Å²) in [5.74, 6) is 1.41. The van der Waals surface area contributed by atoms with E-state index in [-0.39, 0.29) is 30.1 Å². The van der Waals surface area contributed by atoms with Gasteiger partial charge in [-0.25, -0.2) is 0 Å². The van der Waals surface area contributed by atoms with Gasteiger partial charge in [-0.05, 0) is 58.1 Å². The first-order valence-electron chi connectivity index (χ1n) is 11.6. The van der Waals surface area contributed by atoms with E-state index in [1.54, 1.807) is 0 Å². The van der Waals surface area contributed by atoms with E-state index in [2.05, 4.69) is 60.6 Å². The van der Waals surface area contributed by atoms with Crippen LogP contribution in [0, 0.1) is 12.8 Å². The average molecular weight is 529 g/mol. The van der Waals surface area contributed by atoms with Gasteiger partial charge in [0, 0.05) is 44.7 Å². The van der Waals surface area contributed by atoms with Gasteiger partial charge in [-0.3, -0.25) is 4.99 Å². The van der Waals surface area contributed by atoms with Crippen molar-refractivity contribution in [2.45, 2.75) is 65.0 Å². The number of likely N-dealkylation sites (tertiary alicyclic amines) is 1. The van der Waals surface area contributed by atoms with Crippen LogP contribution < -0.4 is 10.6 Å². The van der Waals surface area contributed by atoms with Crippen LogP contribution in [0.3, 0.4) is 0 Å². The van der Waals surface area contributed by atoms with Crippen molar-refractivity contribution in [3.05, 3.63) is 35.4 Å². The number of piperidine rings is 1. The Balaban J connectivity index is 0.00000320. The van der Waals surface area contributed by atoms with Crippen LogP contribution in [0.1, 0.15) is 63.2 Å². The van der Waals surface area contributed by atoms with Gasteiger partial charge in [-0.2, -0.15) is 0 Å². The lowest BCUT2D eigenvalue weighted by atomic mass is 9.89. The van der Waals surface area contributed by atoms with Crippen molar-refractivity contribution in [2.75, 3.05) is 39.3 Å². The lowest BCUT2D eigenvalue weighted by Crippen LogP contribution is -2.49. The summed E-state index contributed by atoms with van der Waals surface area (Å²) in [6, 6.07) is 9.33. The number of nitrogens with one attached hydrogen (secondary N) is 2. The minimum Gasteiger partial charge on any atom is -0.373 e. The number of halogens is 1. The van der Waals surface area contributed by atoms with E-state index in [1.807, 2.05) is 0 Å². The molecule has 3 rings (SSSR count). The summed E-state index contributed by atoms with van der Waals surface area (Å²) in [5, 5.41) is 7.14. The molecule has 1 aromatic rings. The molecule has 0 spiro atoms. The minimum atomic E-state index is 0. The van der Waals surface area contributed by atoms with Crippen molar-refractivity contribution in [3.63, 3.8) is 0 Å². The standard InChI is InChI=1S/C24H40N4O.HI/c1-4-14-28-15-12-22(13-16-28)27-24(25-5-2)26-18-21-7-6-17-29-23(21)20-10-8-19(3)9-11-20;/h8-11,21-23H,4-7,12-18H2,1-3H3,(H2,25,26,27);1H. The van der Waals surface area contributed by atoms with Gasteiger partial charge < -0.3 is 20.3 Å². The number of hydrogen-bond donors (Lipinski definition) is 2. The molecule has 2 saturated heterocycles. The van der Waals surface area contributed by atoms with E-state index in [9.17, 15) is 0 Å². The number of ether oxygens (including phenoxy) is 1. The second-order valence-electron chi connectivity index (χ2n) is 8.58. The zero-order valence-electron chi connectivity index (χ0n) is 19.0. The molecule has 5 nitrogen and oxygen atoms in total. The topological polar surface area (TPSA) is 48.9 Å². The van der Waals surface area contributed by atoms with Gasteiger partial charge in [0.1, 0.15) is 0 Å². The summed E-state index contributed by atoms with van der Waals surface area (Å²) in [5.41, 5.74) is 2.58. The van der Waals surface area contributed by atoms with Crippen molar-refractivity contribution in [1.82, 2.24) is 15.5 Å². The largest absolute Gasteiger partial charge is 0.373 e. The fourth-order valence-electron chi connectivity index (χ4n) is 4.49. The van der Waals surface area contributed by atoms with Crippen molar-refractivity contribution in [1.29, 1.82) is 0 Å². The van der Waals surface area contributed by atoms with E-state index in [4.69, 9.17) is 9.73 Å². The fourth-order valence-corrected chi connectivity index (χ4v) is 4.49. The van der Waals surface area contributed by atoms with Crippen molar-refractivity contribution in [3.8, 4) is 0 Å². The van der Waals surface area contributed by atoms with Crippen LogP contribution in [0.5, 0.6) is 0 Å². The molecule has 0 aromatic heterocycles. The second-order valence-corrected chi connectivity index (χ2v) is 8.58. The maximum atomic E-state index is 6.18. The first kappa shape index (κ1) is 25.4. The molecule has 2 aliphatic rings. The van der Waals surface area contributed by atoms with Gasteiger partial charge in [-0.1, -0.05) is 36.8 Å². The van der Waals surface area contributed by atoms with Crippen LogP contribution in [-0.4, -0.2) is 56.2 Å². The Bertz CT molecular complexity index is 629. The molecule has 0 radical (unpaired) electrons. The predicted molar refractivity (Wildman–Crippen MR) is 137 cm³/mol. The Hall–Kier alpha value is -0.860. The molecule has 0 bridgehead atoms. The molecule has 0 amide bonds. The van der Waals surface area contributed by atoms with E-state index in [0.717, 1.165) is 32.1 Å². The van der Waals surface area contributed by atoms with E-state index < -0.39 is 0 Å². The van der Waals surface area contributed by atoms with Gasteiger partial charge in [0.2, 0.25) is 0 Å². The van der Waals surface area contributed by atoms with Gasteiger partial charge in [0.15, 0.2) is 5.96 Å². The summed E-state index contributed by atoms with van der Waals surface area (Å²) >= 11 is 0. The van der Waals surface area contributed by atoms with Crippen LogP contribution in [-0.2, 0) is 4.74 Å². The molecule has 0 saturated carbocycles. The van der Waals surface area contributed by atoms with Crippen molar-refractivity contribution in [2.24, 2.45) is 10.9 Å². The third-order valence-corrected chi connectivity index (χ3v) is 6.15.